The predicted molar refractivity (Wildman–Crippen MR) is 123 cm³/mol. The molecule has 3 heterocycles. The Balaban J connectivity index is 1.56. The summed E-state index contributed by atoms with van der Waals surface area (Å²) < 4.78 is 30.4. The maximum atomic E-state index is 12.1. The summed E-state index contributed by atoms with van der Waals surface area (Å²) in [6.45, 7) is 0. The molecule has 0 aromatic carbocycles. The van der Waals surface area contributed by atoms with Gasteiger partial charge in [0.05, 0.1) is 12.4 Å². The molecule has 2 fully saturated rings. The highest BCUT2D eigenvalue weighted by atomic mass is 35.5. The van der Waals surface area contributed by atoms with Crippen molar-refractivity contribution in [2.45, 2.75) is 62.7 Å². The smallest absolute Gasteiger partial charge is 0.335 e. The number of imidazole rings is 1. The molecule has 0 amide bonds. The molecule has 2 aromatic rings. The van der Waals surface area contributed by atoms with Crippen LogP contribution >= 0.6 is 26.6 Å². The summed E-state index contributed by atoms with van der Waals surface area (Å²) in [6, 6.07) is 0.293. The molecular weight excluding hydrogens is 512 g/mol. The number of aromatic nitrogens is 4. The highest BCUT2D eigenvalue weighted by Crippen LogP contribution is 2.55. The maximum Gasteiger partial charge on any atom is 0.335 e. The van der Waals surface area contributed by atoms with Crippen molar-refractivity contribution < 1.29 is 38.8 Å². The summed E-state index contributed by atoms with van der Waals surface area (Å²) in [4.78, 5) is 42.8. The van der Waals surface area contributed by atoms with Gasteiger partial charge in [-0.25, -0.2) is 4.98 Å². The van der Waals surface area contributed by atoms with Gasteiger partial charge in [-0.2, -0.15) is 9.97 Å². The van der Waals surface area contributed by atoms with E-state index >= 15 is 0 Å². The molecule has 4 rings (SSSR count). The van der Waals surface area contributed by atoms with Crippen molar-refractivity contribution in [2.24, 2.45) is 0 Å². The monoisotopic (exact) mass is 539 g/mol. The van der Waals surface area contributed by atoms with Crippen molar-refractivity contribution in [2.75, 3.05) is 24.0 Å². The number of anilines is 1. The molecule has 190 valence electrons. The SMILES string of the molecule is CN(c1nc(Cl)nc2c1ncn2[C@@H]1O[C@H](CCP(=O)(O)CP(=O)(O)O)C(O)[C@@H]1O)C1CCCC1. The average molecular weight is 540 g/mol. The summed E-state index contributed by atoms with van der Waals surface area (Å²) in [5.41, 5.74) is 0.750. The fourth-order valence-corrected chi connectivity index (χ4v) is 8.34. The number of ether oxygens (including phenoxy) is 1. The molecule has 13 nitrogen and oxygen atoms in total. The first-order valence-electron chi connectivity index (χ1n) is 10.9. The molecule has 0 bridgehead atoms. The molecule has 0 radical (unpaired) electrons. The normalized spacial score (nSPS) is 28.0. The van der Waals surface area contributed by atoms with Crippen molar-refractivity contribution in [1.29, 1.82) is 0 Å². The molecule has 16 heteroatoms. The molecule has 0 spiro atoms. The van der Waals surface area contributed by atoms with E-state index in [1.165, 1.54) is 10.9 Å². The third-order valence-corrected chi connectivity index (χ3v) is 10.7. The number of fused-ring (bicyclic) bond motifs is 1. The Labute approximate surface area is 200 Å². The zero-order valence-corrected chi connectivity index (χ0v) is 20.9. The van der Waals surface area contributed by atoms with Gasteiger partial charge in [-0.3, -0.25) is 13.7 Å². The van der Waals surface area contributed by atoms with Crippen LogP contribution in [0.1, 0.15) is 38.3 Å². The number of hydrogen-bond donors (Lipinski definition) is 5. The Hall–Kier alpha value is -1.14. The number of rotatable bonds is 8. The second-order valence-electron chi connectivity index (χ2n) is 8.90. The third kappa shape index (κ3) is 5.48. The summed E-state index contributed by atoms with van der Waals surface area (Å²) in [5, 5.41) is 21.1. The van der Waals surface area contributed by atoms with Crippen LogP contribution in [0.15, 0.2) is 6.33 Å². The average Bonchev–Trinajstić information content (AvgIpc) is 3.45. The first kappa shape index (κ1) is 25.9. The molecule has 1 saturated carbocycles. The Morgan fingerprint density at radius 2 is 1.85 bits per heavy atom. The highest BCUT2D eigenvalue weighted by molar-refractivity contribution is 7.72. The van der Waals surface area contributed by atoms with E-state index in [9.17, 15) is 24.2 Å². The van der Waals surface area contributed by atoms with E-state index in [1.807, 2.05) is 11.9 Å². The van der Waals surface area contributed by atoms with Gasteiger partial charge in [0, 0.05) is 19.3 Å². The van der Waals surface area contributed by atoms with Crippen LogP contribution < -0.4 is 4.90 Å². The Bertz CT molecular complexity index is 1140. The van der Waals surface area contributed by atoms with E-state index in [0.29, 0.717) is 23.0 Å². The molecule has 34 heavy (non-hydrogen) atoms. The van der Waals surface area contributed by atoms with Crippen LogP contribution in [0.4, 0.5) is 5.82 Å². The fourth-order valence-electron chi connectivity index (χ4n) is 4.66. The van der Waals surface area contributed by atoms with E-state index in [2.05, 4.69) is 15.0 Å². The topological polar surface area (TPSA) is 191 Å². The van der Waals surface area contributed by atoms with E-state index in [-0.39, 0.29) is 11.7 Å². The van der Waals surface area contributed by atoms with Gasteiger partial charge in [0.15, 0.2) is 23.2 Å². The minimum Gasteiger partial charge on any atom is -0.388 e. The van der Waals surface area contributed by atoms with E-state index in [1.54, 1.807) is 0 Å². The molecule has 1 aliphatic carbocycles. The van der Waals surface area contributed by atoms with Gasteiger partial charge in [0.1, 0.15) is 18.1 Å². The van der Waals surface area contributed by atoms with E-state index < -0.39 is 51.6 Å². The number of halogens is 1. The van der Waals surface area contributed by atoms with Crippen molar-refractivity contribution >= 4 is 43.5 Å². The second kappa shape index (κ2) is 9.72. The molecule has 1 aliphatic heterocycles. The predicted octanol–water partition coefficient (Wildman–Crippen LogP) is 1.27. The lowest BCUT2D eigenvalue weighted by Gasteiger charge is -2.25. The Morgan fingerprint density at radius 3 is 2.50 bits per heavy atom. The Kier molecular flexibility index (Phi) is 7.42. The first-order chi connectivity index (χ1) is 15.9. The quantitative estimate of drug-likeness (QED) is 0.239. The van der Waals surface area contributed by atoms with Gasteiger partial charge in [-0.1, -0.05) is 12.8 Å². The van der Waals surface area contributed by atoms with Crippen molar-refractivity contribution in [3.05, 3.63) is 11.6 Å². The minimum atomic E-state index is -4.69. The number of nitrogens with zero attached hydrogens (tertiary/aromatic N) is 5. The zero-order valence-electron chi connectivity index (χ0n) is 18.4. The molecule has 5 atom stereocenters. The zero-order chi connectivity index (χ0) is 24.8. The van der Waals surface area contributed by atoms with Crippen LogP contribution in [-0.4, -0.2) is 87.9 Å². The van der Waals surface area contributed by atoms with Crippen molar-refractivity contribution in [3.63, 3.8) is 0 Å². The molecule has 5 N–H and O–H groups in total. The van der Waals surface area contributed by atoms with Crippen LogP contribution in [0.25, 0.3) is 11.2 Å². The first-order valence-corrected chi connectivity index (χ1v) is 15.1. The van der Waals surface area contributed by atoms with Crippen LogP contribution in [0.5, 0.6) is 0 Å². The van der Waals surface area contributed by atoms with Crippen LogP contribution in [0, 0.1) is 0 Å². The summed E-state index contributed by atoms with van der Waals surface area (Å²) in [5.74, 6) is -0.614. The summed E-state index contributed by atoms with van der Waals surface area (Å²) in [6.07, 6.45) is 0.0360. The molecule has 2 aliphatic rings. The van der Waals surface area contributed by atoms with Crippen LogP contribution in [0.3, 0.4) is 0 Å². The summed E-state index contributed by atoms with van der Waals surface area (Å²) in [7, 11) is -6.94. The van der Waals surface area contributed by atoms with E-state index in [0.717, 1.165) is 25.7 Å². The van der Waals surface area contributed by atoms with Crippen molar-refractivity contribution in [1.82, 2.24) is 19.5 Å². The van der Waals surface area contributed by atoms with Crippen molar-refractivity contribution in [3.8, 4) is 0 Å². The van der Waals surface area contributed by atoms with Gasteiger partial charge in [0.2, 0.25) is 12.7 Å². The van der Waals surface area contributed by atoms with Crippen LogP contribution in [0.2, 0.25) is 5.28 Å². The third-order valence-electron chi connectivity index (χ3n) is 6.36. The minimum absolute atomic E-state index is 0.0164. The molecule has 2 aromatic heterocycles. The highest BCUT2D eigenvalue weighted by Gasteiger charge is 2.45. The number of aliphatic hydroxyl groups is 2. The van der Waals surface area contributed by atoms with Gasteiger partial charge in [-0.15, -0.1) is 0 Å². The molecular formula is C18H28ClN5O8P2. The lowest BCUT2D eigenvalue weighted by Crippen LogP contribution is -2.32. The lowest BCUT2D eigenvalue weighted by atomic mass is 10.1. The number of aliphatic hydroxyl groups excluding tert-OH is 2. The lowest BCUT2D eigenvalue weighted by molar-refractivity contribution is -0.0354. The standard InChI is InChI=1S/C18H28ClN5O8P2/c1-23(10-4-2-3-5-10)15-12-16(22-18(19)21-15)24(8-20-12)17-14(26)13(25)11(32-17)6-7-33(27,28)9-34(29,30)31/h8,10-11,13-14,17,25-26H,2-7,9H2,1H3,(H,27,28)(H2,29,30,31)/t11-,13?,14+,17-/m1/s1. The van der Waals surface area contributed by atoms with Gasteiger partial charge in [0.25, 0.3) is 0 Å². The largest absolute Gasteiger partial charge is 0.388 e. The number of hydrogen-bond acceptors (Lipinski definition) is 9. The maximum absolute atomic E-state index is 12.1. The van der Waals surface area contributed by atoms with Crippen LogP contribution in [-0.2, 0) is 13.9 Å². The van der Waals surface area contributed by atoms with Gasteiger partial charge >= 0.3 is 7.60 Å². The second-order valence-corrected chi connectivity index (χ2v) is 13.8. The fraction of sp³-hybridized carbons (Fsp3) is 0.722. The van der Waals surface area contributed by atoms with Gasteiger partial charge < -0.3 is 34.5 Å². The van der Waals surface area contributed by atoms with E-state index in [4.69, 9.17) is 26.1 Å². The molecule has 1 saturated heterocycles. The summed E-state index contributed by atoms with van der Waals surface area (Å²) >= 11 is 6.19. The Morgan fingerprint density at radius 1 is 1.18 bits per heavy atom. The van der Waals surface area contributed by atoms with Gasteiger partial charge in [-0.05, 0) is 30.9 Å². The molecule has 2 unspecified atom stereocenters.